The van der Waals surface area contributed by atoms with Gasteiger partial charge in [0.15, 0.2) is 4.34 Å². The van der Waals surface area contributed by atoms with Gasteiger partial charge >= 0.3 is 0 Å². The van der Waals surface area contributed by atoms with Crippen LogP contribution in [0.2, 0.25) is 0 Å². The Balaban J connectivity index is 1.62. The topological polar surface area (TPSA) is 135 Å². The summed E-state index contributed by atoms with van der Waals surface area (Å²) >= 11 is 2.78. The summed E-state index contributed by atoms with van der Waals surface area (Å²) in [6.07, 6.45) is 0.834. The van der Waals surface area contributed by atoms with Crippen LogP contribution >= 0.6 is 23.1 Å². The van der Waals surface area contributed by atoms with Crippen molar-refractivity contribution in [1.82, 2.24) is 15.1 Å². The van der Waals surface area contributed by atoms with E-state index in [1.54, 1.807) is 11.8 Å². The molecule has 0 unspecified atom stereocenters. The predicted molar refractivity (Wildman–Crippen MR) is 103 cm³/mol. The van der Waals surface area contributed by atoms with Crippen LogP contribution in [0.5, 0.6) is 0 Å². The number of carbonyl (C=O) groups excluding carboxylic acids is 3. The summed E-state index contributed by atoms with van der Waals surface area (Å²) in [5.41, 5.74) is -0.685. The predicted octanol–water partition coefficient (Wildman–Crippen LogP) is 2.57. The first-order chi connectivity index (χ1) is 13.4. The number of fused-ring (bicyclic) bond motifs is 1. The Hall–Kier alpha value is -2.86. The van der Waals surface area contributed by atoms with E-state index in [0.717, 1.165) is 21.4 Å². The van der Waals surface area contributed by atoms with Gasteiger partial charge in [-0.1, -0.05) is 36.1 Å². The van der Waals surface area contributed by atoms with E-state index in [1.807, 2.05) is 6.92 Å². The molecule has 3 rings (SSSR count). The fourth-order valence-electron chi connectivity index (χ4n) is 2.57. The Labute approximate surface area is 167 Å². The van der Waals surface area contributed by atoms with Crippen molar-refractivity contribution in [3.05, 3.63) is 39.4 Å². The molecule has 1 aromatic carbocycles. The Morgan fingerprint density at radius 3 is 2.82 bits per heavy atom. The summed E-state index contributed by atoms with van der Waals surface area (Å²) in [5.74, 6) is -0.955. The SMILES string of the molecule is CCCSc1nnc(NC(=O)CCN2C(=O)c3cccc([N+](=O)[O-])c3C2=O)s1. The number of rotatable bonds is 8. The molecule has 0 saturated carbocycles. The smallest absolute Gasteiger partial charge is 0.282 e. The summed E-state index contributed by atoms with van der Waals surface area (Å²) < 4.78 is 0.741. The fourth-order valence-corrected chi connectivity index (χ4v) is 4.27. The number of anilines is 1. The third-order valence-electron chi connectivity index (χ3n) is 3.82. The molecular formula is C16H15N5O5S2. The third kappa shape index (κ3) is 4.02. The minimum absolute atomic E-state index is 0.0266. The Morgan fingerprint density at radius 2 is 2.11 bits per heavy atom. The maximum Gasteiger partial charge on any atom is 0.282 e. The number of hydrogen-bond acceptors (Lipinski definition) is 9. The molecule has 2 aromatic rings. The first-order valence-electron chi connectivity index (χ1n) is 8.32. The van der Waals surface area contributed by atoms with E-state index in [2.05, 4.69) is 15.5 Å². The molecule has 0 saturated heterocycles. The quantitative estimate of drug-likeness (QED) is 0.226. The van der Waals surface area contributed by atoms with Crippen LogP contribution in [0.15, 0.2) is 22.5 Å². The maximum atomic E-state index is 12.5. The van der Waals surface area contributed by atoms with Gasteiger partial charge in [0.25, 0.3) is 17.5 Å². The highest BCUT2D eigenvalue weighted by atomic mass is 32.2. The van der Waals surface area contributed by atoms with Gasteiger partial charge in [-0.05, 0) is 12.5 Å². The van der Waals surface area contributed by atoms with Gasteiger partial charge in [-0.3, -0.25) is 29.4 Å². The van der Waals surface area contributed by atoms with Crippen LogP contribution in [0.3, 0.4) is 0 Å². The zero-order chi connectivity index (χ0) is 20.3. The number of thioether (sulfide) groups is 1. The lowest BCUT2D eigenvalue weighted by Gasteiger charge is -2.12. The highest BCUT2D eigenvalue weighted by Gasteiger charge is 2.40. The second kappa shape index (κ2) is 8.44. The van der Waals surface area contributed by atoms with Gasteiger partial charge in [0.2, 0.25) is 11.0 Å². The molecule has 0 aliphatic carbocycles. The average Bonchev–Trinajstić information content (AvgIpc) is 3.21. The highest BCUT2D eigenvalue weighted by Crippen LogP contribution is 2.31. The zero-order valence-electron chi connectivity index (χ0n) is 14.7. The number of nitrogens with one attached hydrogen (secondary N) is 1. The Morgan fingerprint density at radius 1 is 1.32 bits per heavy atom. The number of nitro benzene ring substituents is 1. The first kappa shape index (κ1) is 19.9. The van der Waals surface area contributed by atoms with Crippen LogP contribution in [0.4, 0.5) is 10.8 Å². The Kier molecular flexibility index (Phi) is 5.99. The van der Waals surface area contributed by atoms with Gasteiger partial charge in [0.05, 0.1) is 10.5 Å². The summed E-state index contributed by atoms with van der Waals surface area (Å²) in [7, 11) is 0. The first-order valence-corrected chi connectivity index (χ1v) is 10.1. The molecule has 0 fully saturated rings. The lowest BCUT2D eigenvalue weighted by Crippen LogP contribution is -2.33. The summed E-state index contributed by atoms with van der Waals surface area (Å²) in [6.45, 7) is 1.86. The summed E-state index contributed by atoms with van der Waals surface area (Å²) in [5, 5.41) is 21.8. The van der Waals surface area contributed by atoms with Gasteiger partial charge in [-0.15, -0.1) is 10.2 Å². The molecular weight excluding hydrogens is 406 g/mol. The average molecular weight is 421 g/mol. The summed E-state index contributed by atoms with van der Waals surface area (Å²) in [4.78, 5) is 48.2. The lowest BCUT2D eigenvalue weighted by atomic mass is 10.1. The minimum Gasteiger partial charge on any atom is -0.300 e. The van der Waals surface area contributed by atoms with Crippen LogP contribution in [0.25, 0.3) is 0 Å². The number of carbonyl (C=O) groups is 3. The van der Waals surface area contributed by atoms with Crippen LogP contribution in [-0.4, -0.2) is 50.0 Å². The number of imide groups is 1. The zero-order valence-corrected chi connectivity index (χ0v) is 16.3. The molecule has 28 heavy (non-hydrogen) atoms. The summed E-state index contributed by atoms with van der Waals surface area (Å²) in [6, 6.07) is 3.88. The normalized spacial score (nSPS) is 13.0. The fraction of sp³-hybridized carbons (Fsp3) is 0.312. The number of nitro groups is 1. The molecule has 0 spiro atoms. The monoisotopic (exact) mass is 421 g/mol. The van der Waals surface area contributed by atoms with Crippen molar-refractivity contribution in [2.45, 2.75) is 24.1 Å². The molecule has 1 aromatic heterocycles. The number of nitrogens with zero attached hydrogens (tertiary/aromatic N) is 4. The molecule has 0 bridgehead atoms. The van der Waals surface area contributed by atoms with Crippen LogP contribution in [0.1, 0.15) is 40.5 Å². The molecule has 1 aliphatic heterocycles. The molecule has 2 heterocycles. The van der Waals surface area contributed by atoms with E-state index in [4.69, 9.17) is 0 Å². The van der Waals surface area contributed by atoms with Crippen molar-refractivity contribution in [3.8, 4) is 0 Å². The van der Waals surface area contributed by atoms with Crippen molar-refractivity contribution < 1.29 is 19.3 Å². The number of hydrogen-bond donors (Lipinski definition) is 1. The van der Waals surface area contributed by atoms with Crippen molar-refractivity contribution >= 4 is 51.6 Å². The molecule has 1 N–H and O–H groups in total. The van der Waals surface area contributed by atoms with Crippen molar-refractivity contribution in [2.75, 3.05) is 17.6 Å². The van der Waals surface area contributed by atoms with E-state index >= 15 is 0 Å². The maximum absolute atomic E-state index is 12.5. The Bertz CT molecular complexity index is 961. The minimum atomic E-state index is -0.769. The molecule has 10 nitrogen and oxygen atoms in total. The number of benzene rings is 1. The molecule has 3 amide bonds. The second-order valence-electron chi connectivity index (χ2n) is 5.74. The van der Waals surface area contributed by atoms with E-state index in [0.29, 0.717) is 5.13 Å². The van der Waals surface area contributed by atoms with Gasteiger partial charge < -0.3 is 5.32 Å². The number of aromatic nitrogens is 2. The molecule has 1 aliphatic rings. The molecule has 146 valence electrons. The van der Waals surface area contributed by atoms with Gasteiger partial charge in [0.1, 0.15) is 5.56 Å². The van der Waals surface area contributed by atoms with E-state index < -0.39 is 28.3 Å². The van der Waals surface area contributed by atoms with E-state index in [9.17, 15) is 24.5 Å². The van der Waals surface area contributed by atoms with Crippen molar-refractivity contribution in [1.29, 1.82) is 0 Å². The van der Waals surface area contributed by atoms with E-state index in [-0.39, 0.29) is 24.1 Å². The third-order valence-corrected chi connectivity index (χ3v) is 6.00. The molecule has 0 atom stereocenters. The van der Waals surface area contributed by atoms with Gasteiger partial charge in [-0.2, -0.15) is 0 Å². The van der Waals surface area contributed by atoms with Crippen LogP contribution in [0, 0.1) is 10.1 Å². The lowest BCUT2D eigenvalue weighted by molar-refractivity contribution is -0.385. The van der Waals surface area contributed by atoms with Gasteiger partial charge in [0, 0.05) is 24.8 Å². The van der Waals surface area contributed by atoms with Crippen LogP contribution in [-0.2, 0) is 4.79 Å². The van der Waals surface area contributed by atoms with Crippen LogP contribution < -0.4 is 5.32 Å². The van der Waals surface area contributed by atoms with Crippen molar-refractivity contribution in [3.63, 3.8) is 0 Å². The largest absolute Gasteiger partial charge is 0.300 e. The molecule has 0 radical (unpaired) electrons. The van der Waals surface area contributed by atoms with Crippen molar-refractivity contribution in [2.24, 2.45) is 0 Å². The standard InChI is InChI=1S/C16H15N5O5S2/c1-2-8-27-16-19-18-15(28-16)17-11(22)6-7-20-13(23)9-4-3-5-10(21(25)26)12(9)14(20)24/h3-5H,2,6-8H2,1H3,(H,17,18,22). The number of amides is 3. The van der Waals surface area contributed by atoms with Gasteiger partial charge in [-0.25, -0.2) is 0 Å². The van der Waals surface area contributed by atoms with E-state index in [1.165, 1.54) is 29.5 Å². The highest BCUT2D eigenvalue weighted by molar-refractivity contribution is 8.01. The second-order valence-corrected chi connectivity index (χ2v) is 8.06. The molecule has 12 heteroatoms.